The first-order chi connectivity index (χ1) is 11.7. The number of rotatable bonds is 5. The molecule has 4 heteroatoms. The zero-order chi connectivity index (χ0) is 16.9. The third-order valence-electron chi connectivity index (χ3n) is 3.80. The van der Waals surface area contributed by atoms with Gasteiger partial charge in [-0.2, -0.15) is 0 Å². The molecule has 24 heavy (non-hydrogen) atoms. The van der Waals surface area contributed by atoms with Crippen LogP contribution in [0.4, 0.5) is 0 Å². The highest BCUT2D eigenvalue weighted by atomic mass is 16.3. The van der Waals surface area contributed by atoms with E-state index >= 15 is 0 Å². The van der Waals surface area contributed by atoms with Crippen LogP contribution in [-0.4, -0.2) is 20.9 Å². The molecule has 0 amide bonds. The van der Waals surface area contributed by atoms with Gasteiger partial charge in [0.25, 0.3) is 0 Å². The average molecular weight is 318 g/mol. The van der Waals surface area contributed by atoms with Crippen LogP contribution in [0, 0.1) is 6.92 Å². The van der Waals surface area contributed by atoms with Gasteiger partial charge in [0.1, 0.15) is 5.69 Å². The molecule has 0 radical (unpaired) electrons. The Morgan fingerprint density at radius 1 is 1.04 bits per heavy atom. The topological polar surface area (TPSA) is 63.1 Å². The van der Waals surface area contributed by atoms with Gasteiger partial charge in [0, 0.05) is 23.9 Å². The number of carbonyl (C=O) groups is 1. The number of ketones is 1. The van der Waals surface area contributed by atoms with Crippen LogP contribution >= 0.6 is 0 Å². The Balaban J connectivity index is 1.81. The summed E-state index contributed by atoms with van der Waals surface area (Å²) in [6.07, 6.45) is 2.00. The fraction of sp³-hybridized carbons (Fsp3) is 0.150. The minimum Gasteiger partial charge on any atom is -0.392 e. The maximum Gasteiger partial charge on any atom is 0.185 e. The van der Waals surface area contributed by atoms with Crippen LogP contribution in [0.5, 0.6) is 0 Å². The Kier molecular flexibility index (Phi) is 4.77. The molecular formula is C20H18N2O2. The zero-order valence-corrected chi connectivity index (χ0v) is 13.4. The van der Waals surface area contributed by atoms with Crippen molar-refractivity contribution in [3.05, 3.63) is 83.3 Å². The first-order valence-corrected chi connectivity index (χ1v) is 7.77. The Morgan fingerprint density at radius 2 is 1.83 bits per heavy atom. The van der Waals surface area contributed by atoms with Gasteiger partial charge < -0.3 is 5.11 Å². The van der Waals surface area contributed by atoms with Crippen LogP contribution in [0.25, 0.3) is 11.3 Å². The van der Waals surface area contributed by atoms with Gasteiger partial charge in [0.05, 0.1) is 12.3 Å². The molecule has 2 aromatic heterocycles. The molecule has 0 spiro atoms. The first kappa shape index (κ1) is 16.0. The van der Waals surface area contributed by atoms with E-state index in [0.29, 0.717) is 12.1 Å². The maximum absolute atomic E-state index is 12.4. The summed E-state index contributed by atoms with van der Waals surface area (Å²) in [6.45, 7) is 1.89. The van der Waals surface area contributed by atoms with Gasteiger partial charge in [-0.1, -0.05) is 30.3 Å². The van der Waals surface area contributed by atoms with Crippen molar-refractivity contribution < 1.29 is 9.90 Å². The predicted octanol–water partition coefficient (Wildman–Crippen LogP) is 3.37. The van der Waals surface area contributed by atoms with E-state index in [-0.39, 0.29) is 12.4 Å². The van der Waals surface area contributed by atoms with Gasteiger partial charge in [0.2, 0.25) is 0 Å². The average Bonchev–Trinajstić information content (AvgIpc) is 2.62. The SMILES string of the molecule is Cc1cccc(C(=O)Cc2ccnc(-c3ccc(CO)cc3)c2)n1. The molecule has 0 aliphatic rings. The molecule has 1 aromatic carbocycles. The molecule has 0 saturated heterocycles. The van der Waals surface area contributed by atoms with Crippen LogP contribution < -0.4 is 0 Å². The number of aryl methyl sites for hydroxylation is 1. The molecule has 1 N–H and O–H groups in total. The molecule has 0 fully saturated rings. The van der Waals surface area contributed by atoms with E-state index in [2.05, 4.69) is 9.97 Å². The van der Waals surface area contributed by atoms with Crippen molar-refractivity contribution in [1.82, 2.24) is 9.97 Å². The molecule has 0 atom stereocenters. The van der Waals surface area contributed by atoms with Gasteiger partial charge in [0.15, 0.2) is 5.78 Å². The van der Waals surface area contributed by atoms with Gasteiger partial charge in [-0.3, -0.25) is 14.8 Å². The summed E-state index contributed by atoms with van der Waals surface area (Å²) >= 11 is 0. The summed E-state index contributed by atoms with van der Waals surface area (Å²) in [5.74, 6) is -0.00789. The smallest absolute Gasteiger partial charge is 0.185 e. The first-order valence-electron chi connectivity index (χ1n) is 7.77. The highest BCUT2D eigenvalue weighted by Crippen LogP contribution is 2.19. The lowest BCUT2D eigenvalue weighted by Gasteiger charge is -2.06. The van der Waals surface area contributed by atoms with E-state index in [1.165, 1.54) is 0 Å². The molecule has 0 bridgehead atoms. The highest BCUT2D eigenvalue weighted by molar-refractivity contribution is 5.95. The number of Topliss-reactive ketones (excluding diaryl/α,β-unsaturated/α-hetero) is 1. The van der Waals surface area contributed by atoms with Gasteiger partial charge in [-0.05, 0) is 42.3 Å². The lowest BCUT2D eigenvalue weighted by molar-refractivity contribution is 0.0988. The van der Waals surface area contributed by atoms with E-state index in [0.717, 1.165) is 28.1 Å². The minimum atomic E-state index is -0.00789. The van der Waals surface area contributed by atoms with Crippen LogP contribution in [0.3, 0.4) is 0 Å². The summed E-state index contributed by atoms with van der Waals surface area (Å²) in [5, 5.41) is 9.11. The second-order valence-electron chi connectivity index (χ2n) is 5.67. The molecule has 2 heterocycles. The van der Waals surface area contributed by atoms with Crippen molar-refractivity contribution in [3.8, 4) is 11.3 Å². The monoisotopic (exact) mass is 318 g/mol. The third-order valence-corrected chi connectivity index (χ3v) is 3.80. The minimum absolute atomic E-state index is 0.00789. The number of aliphatic hydroxyl groups excluding tert-OH is 1. The molecule has 0 unspecified atom stereocenters. The number of benzene rings is 1. The third kappa shape index (κ3) is 3.73. The standard InChI is InChI=1S/C20H18N2O2/c1-14-3-2-4-18(22-14)20(24)12-16-9-10-21-19(11-16)17-7-5-15(13-23)6-8-17/h2-11,23H,12-13H2,1H3. The lowest BCUT2D eigenvalue weighted by atomic mass is 10.0. The fourth-order valence-electron chi connectivity index (χ4n) is 2.50. The van der Waals surface area contributed by atoms with E-state index in [9.17, 15) is 4.79 Å². The maximum atomic E-state index is 12.4. The number of aliphatic hydroxyl groups is 1. The largest absolute Gasteiger partial charge is 0.392 e. The molecule has 0 aliphatic carbocycles. The molecule has 0 saturated carbocycles. The van der Waals surface area contributed by atoms with Crippen molar-refractivity contribution in [1.29, 1.82) is 0 Å². The predicted molar refractivity (Wildman–Crippen MR) is 92.6 cm³/mol. The number of hydrogen-bond acceptors (Lipinski definition) is 4. The Morgan fingerprint density at radius 3 is 2.54 bits per heavy atom. The molecule has 3 aromatic rings. The van der Waals surface area contributed by atoms with Crippen molar-refractivity contribution in [2.24, 2.45) is 0 Å². The summed E-state index contributed by atoms with van der Waals surface area (Å²) in [4.78, 5) is 21.0. The number of pyridine rings is 2. The van der Waals surface area contributed by atoms with Crippen molar-refractivity contribution in [2.45, 2.75) is 20.0 Å². The molecule has 4 nitrogen and oxygen atoms in total. The quantitative estimate of drug-likeness (QED) is 0.733. The Bertz CT molecular complexity index is 858. The van der Waals surface area contributed by atoms with Crippen LogP contribution in [0.2, 0.25) is 0 Å². The van der Waals surface area contributed by atoms with E-state index in [1.807, 2.05) is 55.5 Å². The van der Waals surface area contributed by atoms with Crippen LogP contribution in [-0.2, 0) is 13.0 Å². The van der Waals surface area contributed by atoms with Gasteiger partial charge in [-0.25, -0.2) is 0 Å². The normalized spacial score (nSPS) is 10.6. The van der Waals surface area contributed by atoms with Crippen LogP contribution in [0.1, 0.15) is 27.3 Å². The van der Waals surface area contributed by atoms with Crippen LogP contribution in [0.15, 0.2) is 60.8 Å². The summed E-state index contributed by atoms with van der Waals surface area (Å²) in [6, 6.07) is 16.8. The van der Waals surface area contributed by atoms with Gasteiger partial charge >= 0.3 is 0 Å². The van der Waals surface area contributed by atoms with Crippen molar-refractivity contribution in [2.75, 3.05) is 0 Å². The zero-order valence-electron chi connectivity index (χ0n) is 13.4. The lowest BCUT2D eigenvalue weighted by Crippen LogP contribution is -2.06. The van der Waals surface area contributed by atoms with Gasteiger partial charge in [-0.15, -0.1) is 0 Å². The second-order valence-corrected chi connectivity index (χ2v) is 5.67. The Hall–Kier alpha value is -2.85. The van der Waals surface area contributed by atoms with Crippen molar-refractivity contribution >= 4 is 5.78 Å². The second kappa shape index (κ2) is 7.15. The fourth-order valence-corrected chi connectivity index (χ4v) is 2.50. The molecule has 0 aliphatic heterocycles. The highest BCUT2D eigenvalue weighted by Gasteiger charge is 2.10. The summed E-state index contributed by atoms with van der Waals surface area (Å²) in [5.41, 5.74) is 4.84. The van der Waals surface area contributed by atoms with E-state index in [1.54, 1.807) is 12.3 Å². The number of carbonyl (C=O) groups excluding carboxylic acids is 1. The summed E-state index contributed by atoms with van der Waals surface area (Å²) in [7, 11) is 0. The molecule has 3 rings (SSSR count). The van der Waals surface area contributed by atoms with Crippen molar-refractivity contribution in [3.63, 3.8) is 0 Å². The summed E-state index contributed by atoms with van der Waals surface area (Å²) < 4.78 is 0. The number of hydrogen-bond donors (Lipinski definition) is 1. The Labute approximate surface area is 140 Å². The van der Waals surface area contributed by atoms with E-state index in [4.69, 9.17) is 5.11 Å². The number of nitrogens with zero attached hydrogens (tertiary/aromatic N) is 2. The van der Waals surface area contributed by atoms with E-state index < -0.39 is 0 Å². The number of aromatic nitrogens is 2. The molecular weight excluding hydrogens is 300 g/mol. The molecule has 120 valence electrons.